The summed E-state index contributed by atoms with van der Waals surface area (Å²) in [6, 6.07) is 7.84. The van der Waals surface area contributed by atoms with Crippen LogP contribution in [0.3, 0.4) is 0 Å². The summed E-state index contributed by atoms with van der Waals surface area (Å²) in [7, 11) is -1.87. The predicted molar refractivity (Wildman–Crippen MR) is 94.2 cm³/mol. The third-order valence-corrected chi connectivity index (χ3v) is 4.56. The lowest BCUT2D eigenvalue weighted by atomic mass is 9.86. The molecule has 0 bridgehead atoms. The highest BCUT2D eigenvalue weighted by Gasteiger charge is 2.21. The molecule has 0 aromatic heterocycles. The maximum atomic E-state index is 10.1. The molecule has 2 unspecified atom stereocenters. The van der Waals surface area contributed by atoms with Crippen LogP contribution in [0.1, 0.15) is 65.9 Å². The second-order valence-corrected chi connectivity index (χ2v) is 7.70. The Kier molecular flexibility index (Phi) is 8.38. The van der Waals surface area contributed by atoms with Gasteiger partial charge < -0.3 is 13.9 Å². The zero-order valence-corrected chi connectivity index (χ0v) is 15.5. The number of benzene rings is 1. The highest BCUT2D eigenvalue weighted by atomic mass is 31.2. The van der Waals surface area contributed by atoms with Crippen LogP contribution < -0.4 is 4.52 Å². The van der Waals surface area contributed by atoms with E-state index >= 15 is 0 Å². The summed E-state index contributed by atoms with van der Waals surface area (Å²) in [5.41, 5.74) is 1.05. The van der Waals surface area contributed by atoms with Crippen LogP contribution in [0.5, 0.6) is 5.75 Å². The van der Waals surface area contributed by atoms with Crippen molar-refractivity contribution in [1.82, 2.24) is 0 Å². The Morgan fingerprint density at radius 3 is 2.45 bits per heavy atom. The first-order valence-electron chi connectivity index (χ1n) is 8.27. The Bertz CT molecular complexity index is 429. The van der Waals surface area contributed by atoms with Crippen molar-refractivity contribution in [2.45, 2.75) is 65.7 Å². The standard InChI is InChI=1S/C18H31O3P/c1-6-8-11-15(7-2)14-20-22(19)21-17-13-10-9-12-16(17)18(3,4)5/h9-10,12-13,15,19H,6-8,11,14H2,1-5H3. The average Bonchev–Trinajstić information content (AvgIpc) is 2.47. The van der Waals surface area contributed by atoms with E-state index in [0.29, 0.717) is 18.3 Å². The molecule has 2 atom stereocenters. The molecule has 0 amide bonds. The molecular formula is C18H31O3P. The van der Waals surface area contributed by atoms with Crippen molar-refractivity contribution >= 4 is 8.60 Å². The van der Waals surface area contributed by atoms with E-state index in [1.807, 2.05) is 24.3 Å². The van der Waals surface area contributed by atoms with Crippen LogP contribution in [0.25, 0.3) is 0 Å². The van der Waals surface area contributed by atoms with Crippen LogP contribution in [0.15, 0.2) is 24.3 Å². The van der Waals surface area contributed by atoms with E-state index in [1.54, 1.807) is 0 Å². The average molecular weight is 326 g/mol. The minimum Gasteiger partial charge on any atom is -0.427 e. The van der Waals surface area contributed by atoms with Gasteiger partial charge in [-0.3, -0.25) is 0 Å². The second-order valence-electron chi connectivity index (χ2n) is 6.79. The largest absolute Gasteiger partial charge is 0.427 e. The van der Waals surface area contributed by atoms with Gasteiger partial charge in [-0.15, -0.1) is 0 Å². The maximum Gasteiger partial charge on any atom is 0.394 e. The van der Waals surface area contributed by atoms with Crippen LogP contribution in [-0.4, -0.2) is 11.5 Å². The van der Waals surface area contributed by atoms with Crippen molar-refractivity contribution in [3.05, 3.63) is 29.8 Å². The zero-order chi connectivity index (χ0) is 16.6. The summed E-state index contributed by atoms with van der Waals surface area (Å²) in [5.74, 6) is 1.21. The van der Waals surface area contributed by atoms with Crippen LogP contribution in [0.4, 0.5) is 0 Å². The molecule has 0 aliphatic heterocycles. The normalized spacial score (nSPS) is 14.6. The molecule has 0 aliphatic rings. The fourth-order valence-corrected chi connectivity index (χ4v) is 3.06. The molecular weight excluding hydrogens is 295 g/mol. The van der Waals surface area contributed by atoms with Gasteiger partial charge in [-0.2, -0.15) is 0 Å². The van der Waals surface area contributed by atoms with E-state index < -0.39 is 8.60 Å². The topological polar surface area (TPSA) is 38.7 Å². The molecule has 1 rings (SSSR count). The van der Waals surface area contributed by atoms with Gasteiger partial charge in [0.25, 0.3) is 0 Å². The first-order valence-corrected chi connectivity index (χ1v) is 9.40. The summed E-state index contributed by atoms with van der Waals surface area (Å²) in [6.07, 6.45) is 4.62. The van der Waals surface area contributed by atoms with Crippen molar-refractivity contribution < 1.29 is 13.9 Å². The van der Waals surface area contributed by atoms with Gasteiger partial charge in [-0.1, -0.05) is 72.1 Å². The molecule has 3 nitrogen and oxygen atoms in total. The van der Waals surface area contributed by atoms with Crippen molar-refractivity contribution in [2.75, 3.05) is 6.61 Å². The van der Waals surface area contributed by atoms with E-state index in [2.05, 4.69) is 34.6 Å². The lowest BCUT2D eigenvalue weighted by molar-refractivity contribution is 0.204. The van der Waals surface area contributed by atoms with Crippen molar-refractivity contribution in [3.8, 4) is 5.75 Å². The van der Waals surface area contributed by atoms with Gasteiger partial charge in [0, 0.05) is 0 Å². The SMILES string of the molecule is CCCCC(CC)COP(O)Oc1ccccc1C(C)(C)C. The fraction of sp³-hybridized carbons (Fsp3) is 0.667. The highest BCUT2D eigenvalue weighted by molar-refractivity contribution is 7.41. The molecule has 126 valence electrons. The molecule has 22 heavy (non-hydrogen) atoms. The molecule has 1 aromatic rings. The van der Waals surface area contributed by atoms with Gasteiger partial charge in [0.15, 0.2) is 0 Å². The van der Waals surface area contributed by atoms with Gasteiger partial charge in [-0.05, 0) is 29.4 Å². The Morgan fingerprint density at radius 1 is 1.18 bits per heavy atom. The highest BCUT2D eigenvalue weighted by Crippen LogP contribution is 2.40. The van der Waals surface area contributed by atoms with Crippen LogP contribution in [-0.2, 0) is 9.94 Å². The summed E-state index contributed by atoms with van der Waals surface area (Å²) in [6.45, 7) is 11.3. The van der Waals surface area contributed by atoms with E-state index in [-0.39, 0.29) is 5.41 Å². The monoisotopic (exact) mass is 326 g/mol. The van der Waals surface area contributed by atoms with E-state index in [1.165, 1.54) is 12.8 Å². The van der Waals surface area contributed by atoms with Gasteiger partial charge in [-0.25, -0.2) is 0 Å². The number of hydrogen-bond acceptors (Lipinski definition) is 3. The third-order valence-electron chi connectivity index (χ3n) is 3.84. The Balaban J connectivity index is 2.57. The molecule has 1 aromatic carbocycles. The molecule has 0 heterocycles. The van der Waals surface area contributed by atoms with Crippen molar-refractivity contribution in [3.63, 3.8) is 0 Å². The number of para-hydroxylation sites is 1. The lowest BCUT2D eigenvalue weighted by Gasteiger charge is -2.24. The van der Waals surface area contributed by atoms with Gasteiger partial charge in [0.05, 0.1) is 6.61 Å². The molecule has 0 saturated carbocycles. The third kappa shape index (κ3) is 6.64. The Morgan fingerprint density at radius 2 is 1.86 bits per heavy atom. The summed E-state index contributed by atoms with van der Waals surface area (Å²) in [5, 5.41) is 0. The number of rotatable bonds is 9. The van der Waals surface area contributed by atoms with Crippen LogP contribution in [0.2, 0.25) is 0 Å². The molecule has 1 N–H and O–H groups in total. The summed E-state index contributed by atoms with van der Waals surface area (Å²) in [4.78, 5) is 10.1. The van der Waals surface area contributed by atoms with Crippen molar-refractivity contribution in [1.29, 1.82) is 0 Å². The van der Waals surface area contributed by atoms with Crippen molar-refractivity contribution in [2.24, 2.45) is 5.92 Å². The van der Waals surface area contributed by atoms with Crippen LogP contribution in [0, 0.1) is 5.92 Å². The van der Waals surface area contributed by atoms with Gasteiger partial charge >= 0.3 is 8.60 Å². The summed E-state index contributed by atoms with van der Waals surface area (Å²) < 4.78 is 11.2. The van der Waals surface area contributed by atoms with Gasteiger partial charge in [0.2, 0.25) is 0 Å². The second kappa shape index (κ2) is 9.50. The first-order chi connectivity index (χ1) is 10.4. The van der Waals surface area contributed by atoms with E-state index in [0.717, 1.165) is 18.4 Å². The first kappa shape index (κ1) is 19.4. The van der Waals surface area contributed by atoms with E-state index in [4.69, 9.17) is 9.05 Å². The molecule has 0 fully saturated rings. The molecule has 0 aliphatic carbocycles. The molecule has 0 radical (unpaired) electrons. The number of hydrogen-bond donors (Lipinski definition) is 1. The Labute approximate surface area is 137 Å². The molecule has 0 saturated heterocycles. The molecule has 4 heteroatoms. The maximum absolute atomic E-state index is 10.1. The predicted octanol–water partition coefficient (Wildman–Crippen LogP) is 5.82. The van der Waals surface area contributed by atoms with Crippen LogP contribution >= 0.6 is 8.60 Å². The smallest absolute Gasteiger partial charge is 0.394 e. The fourth-order valence-electron chi connectivity index (χ4n) is 2.34. The Hall–Kier alpha value is -0.630. The number of unbranched alkanes of at least 4 members (excludes halogenated alkanes) is 1. The minimum absolute atomic E-state index is 0.0279. The lowest BCUT2D eigenvalue weighted by Crippen LogP contribution is -2.13. The zero-order valence-electron chi connectivity index (χ0n) is 14.6. The van der Waals surface area contributed by atoms with Gasteiger partial charge in [0.1, 0.15) is 5.75 Å². The minimum atomic E-state index is -1.87. The quantitative estimate of drug-likeness (QED) is 0.582. The molecule has 0 spiro atoms. The van der Waals surface area contributed by atoms with E-state index in [9.17, 15) is 4.89 Å². The summed E-state index contributed by atoms with van der Waals surface area (Å²) >= 11 is 0.